The molecular formula is C10H7N2. The second-order valence-electron chi connectivity index (χ2n) is 2.38. The number of hydrogen-bond acceptors (Lipinski definition) is 2. The number of nitrogens with zero attached hydrogens (tertiary/aromatic N) is 2. The molecule has 12 heavy (non-hydrogen) atoms. The van der Waals surface area contributed by atoms with Crippen molar-refractivity contribution in [1.82, 2.24) is 9.97 Å². The van der Waals surface area contributed by atoms with Crippen LogP contribution in [0.2, 0.25) is 0 Å². The summed E-state index contributed by atoms with van der Waals surface area (Å²) in [7, 11) is 0. The summed E-state index contributed by atoms with van der Waals surface area (Å²) in [5.74, 6) is 0. The van der Waals surface area contributed by atoms with E-state index in [2.05, 4.69) is 16.2 Å². The largest absolute Gasteiger partial charge is 0.252 e. The van der Waals surface area contributed by atoms with Gasteiger partial charge in [-0.3, -0.25) is 9.97 Å². The van der Waals surface area contributed by atoms with E-state index in [1.54, 1.807) is 12.4 Å². The Morgan fingerprint density at radius 3 is 2.50 bits per heavy atom. The molecule has 1 radical (unpaired) electrons. The average Bonchev–Trinajstić information content (AvgIpc) is 2.21. The maximum Gasteiger partial charge on any atom is 0.117 e. The summed E-state index contributed by atoms with van der Waals surface area (Å²) < 4.78 is 0. The van der Waals surface area contributed by atoms with Gasteiger partial charge < -0.3 is 0 Å². The normalized spacial score (nSPS) is 9.67. The number of benzene rings is 1. The molecule has 2 heteroatoms. The predicted octanol–water partition coefficient (Wildman–Crippen LogP) is 1.94. The van der Waals surface area contributed by atoms with Crippen LogP contribution in [0.25, 0.3) is 11.3 Å². The van der Waals surface area contributed by atoms with Crippen LogP contribution in [0.15, 0.2) is 42.7 Å². The molecule has 0 aliphatic heterocycles. The van der Waals surface area contributed by atoms with Crippen molar-refractivity contribution in [2.75, 3.05) is 0 Å². The van der Waals surface area contributed by atoms with Gasteiger partial charge in [0.25, 0.3) is 0 Å². The van der Waals surface area contributed by atoms with Crippen molar-refractivity contribution in [3.8, 4) is 11.3 Å². The average molecular weight is 155 g/mol. The SMILES string of the molecule is [c]1nccnc1-c1ccccc1. The zero-order valence-corrected chi connectivity index (χ0v) is 6.44. The molecule has 0 aliphatic rings. The highest BCUT2D eigenvalue weighted by atomic mass is 14.8. The molecule has 0 aliphatic carbocycles. The third-order valence-corrected chi connectivity index (χ3v) is 1.56. The van der Waals surface area contributed by atoms with Crippen molar-refractivity contribution in [2.45, 2.75) is 0 Å². The van der Waals surface area contributed by atoms with E-state index in [4.69, 9.17) is 0 Å². The van der Waals surface area contributed by atoms with Crippen molar-refractivity contribution < 1.29 is 0 Å². The first-order chi connectivity index (χ1) is 5.97. The van der Waals surface area contributed by atoms with Gasteiger partial charge in [0.1, 0.15) is 6.20 Å². The highest BCUT2D eigenvalue weighted by Crippen LogP contribution is 2.12. The van der Waals surface area contributed by atoms with Gasteiger partial charge in [-0.1, -0.05) is 30.3 Å². The van der Waals surface area contributed by atoms with Gasteiger partial charge in [-0.15, -0.1) is 0 Å². The molecular weight excluding hydrogens is 148 g/mol. The number of aromatic nitrogens is 2. The van der Waals surface area contributed by atoms with E-state index in [0.29, 0.717) is 0 Å². The topological polar surface area (TPSA) is 25.8 Å². The van der Waals surface area contributed by atoms with Crippen LogP contribution in [0.5, 0.6) is 0 Å². The van der Waals surface area contributed by atoms with E-state index in [1.807, 2.05) is 30.3 Å². The first-order valence-electron chi connectivity index (χ1n) is 3.71. The molecule has 0 saturated carbocycles. The molecule has 1 aromatic carbocycles. The third-order valence-electron chi connectivity index (χ3n) is 1.56. The Hall–Kier alpha value is -1.70. The van der Waals surface area contributed by atoms with Gasteiger partial charge in [-0.2, -0.15) is 0 Å². The molecule has 1 heterocycles. The summed E-state index contributed by atoms with van der Waals surface area (Å²) in [6.45, 7) is 0. The molecule has 0 bridgehead atoms. The molecule has 0 amide bonds. The number of hydrogen-bond donors (Lipinski definition) is 0. The van der Waals surface area contributed by atoms with Gasteiger partial charge in [0.2, 0.25) is 0 Å². The van der Waals surface area contributed by atoms with Gasteiger partial charge in [0.05, 0.1) is 5.69 Å². The second-order valence-corrected chi connectivity index (χ2v) is 2.38. The van der Waals surface area contributed by atoms with Crippen LogP contribution in [-0.2, 0) is 0 Å². The second kappa shape index (κ2) is 3.13. The van der Waals surface area contributed by atoms with Gasteiger partial charge in [0.15, 0.2) is 0 Å². The highest BCUT2D eigenvalue weighted by Gasteiger charge is 1.95. The zero-order chi connectivity index (χ0) is 8.23. The van der Waals surface area contributed by atoms with Crippen molar-refractivity contribution in [3.05, 3.63) is 48.9 Å². The lowest BCUT2D eigenvalue weighted by atomic mass is 10.2. The van der Waals surface area contributed by atoms with Gasteiger partial charge >= 0.3 is 0 Å². The van der Waals surface area contributed by atoms with Crippen molar-refractivity contribution in [3.63, 3.8) is 0 Å². The molecule has 1 aromatic heterocycles. The highest BCUT2D eigenvalue weighted by molar-refractivity contribution is 5.56. The van der Waals surface area contributed by atoms with Crippen LogP contribution in [0.1, 0.15) is 0 Å². The van der Waals surface area contributed by atoms with Crippen LogP contribution in [0.4, 0.5) is 0 Å². The fourth-order valence-corrected chi connectivity index (χ4v) is 1.00. The Kier molecular flexibility index (Phi) is 1.82. The number of rotatable bonds is 1. The maximum absolute atomic E-state index is 4.13. The fraction of sp³-hybridized carbons (Fsp3) is 0. The van der Waals surface area contributed by atoms with Crippen molar-refractivity contribution in [2.24, 2.45) is 0 Å². The lowest BCUT2D eigenvalue weighted by Gasteiger charge is -1.95. The Bertz CT molecular complexity index is 305. The molecule has 57 valence electrons. The summed E-state index contributed by atoms with van der Waals surface area (Å²) in [4.78, 5) is 8.00. The maximum atomic E-state index is 4.13. The minimum absolute atomic E-state index is 0.790. The Balaban J connectivity index is 2.46. The van der Waals surface area contributed by atoms with Crippen LogP contribution in [0.3, 0.4) is 0 Å². The van der Waals surface area contributed by atoms with Crippen LogP contribution in [0, 0.1) is 6.20 Å². The molecule has 0 N–H and O–H groups in total. The molecule has 2 rings (SSSR count). The molecule has 0 unspecified atom stereocenters. The summed E-state index contributed by atoms with van der Waals surface area (Å²) in [5.41, 5.74) is 1.84. The molecule has 0 saturated heterocycles. The standard InChI is InChI=1S/C10H7N2/c1-2-4-9(5-3-1)10-8-11-6-7-12-10/h1-7H. The van der Waals surface area contributed by atoms with Crippen LogP contribution >= 0.6 is 0 Å². The van der Waals surface area contributed by atoms with Crippen molar-refractivity contribution >= 4 is 0 Å². The molecule has 0 fully saturated rings. The molecule has 2 nitrogen and oxygen atoms in total. The fourth-order valence-electron chi connectivity index (χ4n) is 1.00. The van der Waals surface area contributed by atoms with Gasteiger partial charge in [0, 0.05) is 18.0 Å². The van der Waals surface area contributed by atoms with E-state index in [1.165, 1.54) is 0 Å². The Morgan fingerprint density at radius 2 is 1.83 bits per heavy atom. The monoisotopic (exact) mass is 155 g/mol. The quantitative estimate of drug-likeness (QED) is 0.629. The predicted molar refractivity (Wildman–Crippen MR) is 46.3 cm³/mol. The summed E-state index contributed by atoms with van der Waals surface area (Å²) in [6, 6.07) is 9.89. The first kappa shape index (κ1) is 6.98. The van der Waals surface area contributed by atoms with Crippen LogP contribution in [-0.4, -0.2) is 9.97 Å². The smallest absolute Gasteiger partial charge is 0.117 e. The summed E-state index contributed by atoms with van der Waals surface area (Å²) in [6.07, 6.45) is 6.11. The Labute approximate surface area is 70.9 Å². The van der Waals surface area contributed by atoms with E-state index in [-0.39, 0.29) is 0 Å². The molecule has 0 spiro atoms. The molecule has 2 aromatic rings. The van der Waals surface area contributed by atoms with E-state index in [0.717, 1.165) is 11.3 Å². The van der Waals surface area contributed by atoms with E-state index in [9.17, 15) is 0 Å². The first-order valence-corrected chi connectivity index (χ1v) is 3.71. The van der Waals surface area contributed by atoms with Crippen molar-refractivity contribution in [1.29, 1.82) is 0 Å². The van der Waals surface area contributed by atoms with E-state index >= 15 is 0 Å². The van der Waals surface area contributed by atoms with Gasteiger partial charge in [-0.25, -0.2) is 0 Å². The summed E-state index contributed by atoms with van der Waals surface area (Å²) >= 11 is 0. The zero-order valence-electron chi connectivity index (χ0n) is 6.44. The minimum Gasteiger partial charge on any atom is -0.252 e. The van der Waals surface area contributed by atoms with E-state index < -0.39 is 0 Å². The summed E-state index contributed by atoms with van der Waals surface area (Å²) in [5, 5.41) is 0. The third kappa shape index (κ3) is 1.32. The molecule has 0 atom stereocenters. The van der Waals surface area contributed by atoms with Crippen LogP contribution < -0.4 is 0 Å². The Morgan fingerprint density at radius 1 is 1.00 bits per heavy atom. The lowest BCUT2D eigenvalue weighted by molar-refractivity contribution is 1.19. The van der Waals surface area contributed by atoms with Gasteiger partial charge in [-0.05, 0) is 0 Å². The lowest BCUT2D eigenvalue weighted by Crippen LogP contribution is -1.83. The minimum atomic E-state index is 0.790.